The van der Waals surface area contributed by atoms with Gasteiger partial charge in [0.05, 0.1) is 19.6 Å². The van der Waals surface area contributed by atoms with Crippen LogP contribution in [0.3, 0.4) is 0 Å². The number of rotatable bonds is 11. The zero-order chi connectivity index (χ0) is 23.9. The Balaban J connectivity index is 2.52. The molecule has 2 atom stereocenters. The SMILES string of the molecule is COCOc1cc(CO[Si](C)(C)C(C)(C)C)c(OCOC)c([C@@H]2CCC[C@@H]2C(=O)OC)c1. The third-order valence-electron chi connectivity index (χ3n) is 6.65. The zero-order valence-electron chi connectivity index (χ0n) is 20.9. The summed E-state index contributed by atoms with van der Waals surface area (Å²) in [6, 6.07) is 3.88. The topological polar surface area (TPSA) is 72.5 Å². The van der Waals surface area contributed by atoms with Gasteiger partial charge in [0, 0.05) is 31.3 Å². The van der Waals surface area contributed by atoms with Gasteiger partial charge in [-0.3, -0.25) is 4.79 Å². The second-order valence-corrected chi connectivity index (χ2v) is 14.6. The first-order valence-electron chi connectivity index (χ1n) is 11.2. The Hall–Kier alpha value is -1.61. The van der Waals surface area contributed by atoms with Crippen molar-refractivity contribution in [3.05, 3.63) is 23.3 Å². The van der Waals surface area contributed by atoms with Crippen LogP contribution in [0.4, 0.5) is 0 Å². The number of hydrogen-bond acceptors (Lipinski definition) is 7. The molecule has 1 saturated carbocycles. The summed E-state index contributed by atoms with van der Waals surface area (Å²) < 4.78 is 33.8. The van der Waals surface area contributed by atoms with Gasteiger partial charge in [-0.15, -0.1) is 0 Å². The van der Waals surface area contributed by atoms with Crippen LogP contribution in [0.1, 0.15) is 57.1 Å². The van der Waals surface area contributed by atoms with E-state index in [9.17, 15) is 4.79 Å². The molecule has 8 heteroatoms. The fraction of sp³-hybridized carbons (Fsp3) is 0.708. The van der Waals surface area contributed by atoms with Crippen LogP contribution in [-0.2, 0) is 30.0 Å². The van der Waals surface area contributed by atoms with Gasteiger partial charge in [-0.2, -0.15) is 0 Å². The van der Waals surface area contributed by atoms with Gasteiger partial charge in [-0.25, -0.2) is 0 Å². The van der Waals surface area contributed by atoms with Crippen LogP contribution in [0.15, 0.2) is 12.1 Å². The number of carbonyl (C=O) groups excluding carboxylic acids is 1. The molecule has 0 spiro atoms. The van der Waals surface area contributed by atoms with Crippen LogP contribution in [-0.4, -0.2) is 49.2 Å². The second kappa shape index (κ2) is 11.5. The zero-order valence-corrected chi connectivity index (χ0v) is 21.9. The van der Waals surface area contributed by atoms with Gasteiger partial charge in [-0.05, 0) is 43.1 Å². The molecule has 2 rings (SSSR count). The maximum absolute atomic E-state index is 12.5. The predicted octanol–water partition coefficient (Wildman–Crippen LogP) is 5.23. The highest BCUT2D eigenvalue weighted by Gasteiger charge is 2.39. The molecule has 0 saturated heterocycles. The van der Waals surface area contributed by atoms with Crippen molar-refractivity contribution in [1.29, 1.82) is 0 Å². The third-order valence-corrected chi connectivity index (χ3v) is 11.1. The van der Waals surface area contributed by atoms with Crippen molar-refractivity contribution in [2.75, 3.05) is 34.9 Å². The molecule has 0 aliphatic heterocycles. The lowest BCUT2D eigenvalue weighted by Crippen LogP contribution is -2.40. The number of esters is 1. The Bertz CT molecular complexity index is 757. The standard InChI is InChI=1S/C24H40O7Si/c1-24(2,3)32(7,8)31-14-17-12-18(29-15-26-4)13-21(22(17)30-16-27-5)19-10-9-11-20(19)23(25)28-6/h12-13,19-20H,9-11,14-16H2,1-8H3/t19-,20+/m1/s1. The molecular formula is C24H40O7Si. The summed E-state index contributed by atoms with van der Waals surface area (Å²) in [5.41, 5.74) is 1.81. The fourth-order valence-corrected chi connectivity index (χ4v) is 4.76. The smallest absolute Gasteiger partial charge is 0.309 e. The first-order valence-corrected chi connectivity index (χ1v) is 14.1. The fourth-order valence-electron chi connectivity index (χ4n) is 3.81. The van der Waals surface area contributed by atoms with Crippen molar-refractivity contribution in [3.8, 4) is 11.5 Å². The highest BCUT2D eigenvalue weighted by Crippen LogP contribution is 2.47. The minimum absolute atomic E-state index is 0.0213. The van der Waals surface area contributed by atoms with Gasteiger partial charge in [0.25, 0.3) is 0 Å². The van der Waals surface area contributed by atoms with E-state index in [1.807, 2.05) is 12.1 Å². The Kier molecular flexibility index (Phi) is 9.57. The molecule has 7 nitrogen and oxygen atoms in total. The Morgan fingerprint density at radius 3 is 2.28 bits per heavy atom. The quantitative estimate of drug-likeness (QED) is 0.250. The number of benzene rings is 1. The van der Waals surface area contributed by atoms with E-state index >= 15 is 0 Å². The number of methoxy groups -OCH3 is 3. The van der Waals surface area contributed by atoms with Crippen LogP contribution in [0.25, 0.3) is 0 Å². The molecule has 0 radical (unpaired) electrons. The van der Waals surface area contributed by atoms with Crippen LogP contribution in [0, 0.1) is 5.92 Å². The monoisotopic (exact) mass is 468 g/mol. The summed E-state index contributed by atoms with van der Waals surface area (Å²) in [4.78, 5) is 12.5. The first kappa shape index (κ1) is 26.6. The molecule has 0 unspecified atom stereocenters. The maximum Gasteiger partial charge on any atom is 0.309 e. The summed E-state index contributed by atoms with van der Waals surface area (Å²) >= 11 is 0. The van der Waals surface area contributed by atoms with E-state index in [0.29, 0.717) is 18.1 Å². The van der Waals surface area contributed by atoms with E-state index in [1.54, 1.807) is 14.2 Å². The molecule has 182 valence electrons. The van der Waals surface area contributed by atoms with Gasteiger partial charge in [0.1, 0.15) is 11.5 Å². The van der Waals surface area contributed by atoms with Crippen LogP contribution in [0.5, 0.6) is 11.5 Å². The van der Waals surface area contributed by atoms with E-state index in [2.05, 4.69) is 33.9 Å². The van der Waals surface area contributed by atoms with Gasteiger partial charge >= 0.3 is 5.97 Å². The van der Waals surface area contributed by atoms with Crippen molar-refractivity contribution in [2.45, 2.75) is 70.7 Å². The highest BCUT2D eigenvalue weighted by molar-refractivity contribution is 6.74. The predicted molar refractivity (Wildman–Crippen MR) is 126 cm³/mol. The molecule has 1 aliphatic rings. The average molecular weight is 469 g/mol. The minimum Gasteiger partial charge on any atom is -0.469 e. The van der Waals surface area contributed by atoms with Crippen molar-refractivity contribution in [3.63, 3.8) is 0 Å². The maximum atomic E-state index is 12.5. The first-order chi connectivity index (χ1) is 15.1. The number of hydrogen-bond donors (Lipinski definition) is 0. The van der Waals surface area contributed by atoms with Crippen LogP contribution >= 0.6 is 0 Å². The second-order valence-electron chi connectivity index (χ2n) is 9.82. The molecule has 1 fully saturated rings. The average Bonchev–Trinajstić information content (AvgIpc) is 3.23. The normalized spacial score (nSPS) is 19.1. The summed E-state index contributed by atoms with van der Waals surface area (Å²) in [7, 11) is 2.62. The molecule has 1 aromatic carbocycles. The van der Waals surface area contributed by atoms with Crippen LogP contribution in [0.2, 0.25) is 18.1 Å². The van der Waals surface area contributed by atoms with Gasteiger partial charge in [-0.1, -0.05) is 27.2 Å². The van der Waals surface area contributed by atoms with E-state index in [4.69, 9.17) is 28.1 Å². The van der Waals surface area contributed by atoms with Crippen molar-refractivity contribution >= 4 is 14.3 Å². The molecule has 0 N–H and O–H groups in total. The lowest BCUT2D eigenvalue weighted by Gasteiger charge is -2.36. The number of ether oxygens (including phenoxy) is 5. The van der Waals surface area contributed by atoms with Crippen LogP contribution < -0.4 is 9.47 Å². The van der Waals surface area contributed by atoms with E-state index in [-0.39, 0.29) is 36.4 Å². The minimum atomic E-state index is -2.00. The van der Waals surface area contributed by atoms with Gasteiger partial charge in [0.15, 0.2) is 21.9 Å². The van der Waals surface area contributed by atoms with Crippen molar-refractivity contribution < 1.29 is 32.9 Å². The van der Waals surface area contributed by atoms with E-state index in [1.165, 1.54) is 7.11 Å². The van der Waals surface area contributed by atoms with E-state index < -0.39 is 8.32 Å². The molecule has 0 amide bonds. The number of carbonyl (C=O) groups is 1. The van der Waals surface area contributed by atoms with E-state index in [0.717, 1.165) is 30.4 Å². The molecular weight excluding hydrogens is 428 g/mol. The summed E-state index contributed by atoms with van der Waals surface area (Å²) in [5, 5.41) is 0.0783. The largest absolute Gasteiger partial charge is 0.469 e. The summed E-state index contributed by atoms with van der Waals surface area (Å²) in [6.45, 7) is 11.7. The molecule has 0 heterocycles. The summed E-state index contributed by atoms with van der Waals surface area (Å²) in [6.07, 6.45) is 2.62. The van der Waals surface area contributed by atoms with Crippen molar-refractivity contribution in [2.24, 2.45) is 5.92 Å². The Labute approximate surface area is 193 Å². The Morgan fingerprint density at radius 2 is 1.69 bits per heavy atom. The highest BCUT2D eigenvalue weighted by atomic mass is 28.4. The molecule has 1 aromatic rings. The Morgan fingerprint density at radius 1 is 1.03 bits per heavy atom. The molecule has 0 bridgehead atoms. The van der Waals surface area contributed by atoms with Gasteiger partial charge < -0.3 is 28.1 Å². The van der Waals surface area contributed by atoms with Crippen molar-refractivity contribution in [1.82, 2.24) is 0 Å². The summed E-state index contributed by atoms with van der Waals surface area (Å²) in [5.74, 6) is 0.948. The molecule has 32 heavy (non-hydrogen) atoms. The van der Waals surface area contributed by atoms with Gasteiger partial charge in [0.2, 0.25) is 0 Å². The lowest BCUT2D eigenvalue weighted by atomic mass is 9.87. The molecule has 0 aromatic heterocycles. The lowest BCUT2D eigenvalue weighted by molar-refractivity contribution is -0.145. The third kappa shape index (κ3) is 6.47. The molecule has 1 aliphatic carbocycles.